The van der Waals surface area contributed by atoms with Crippen molar-refractivity contribution in [2.24, 2.45) is 7.05 Å². The Labute approximate surface area is 181 Å². The van der Waals surface area contributed by atoms with Gasteiger partial charge < -0.3 is 9.88 Å². The third-order valence-electron chi connectivity index (χ3n) is 4.71. The number of hydrogen-bond donors (Lipinski definition) is 1. The molecule has 0 aliphatic heterocycles. The number of carbonyl (C=O) groups excluding carboxylic acids is 1. The van der Waals surface area contributed by atoms with Gasteiger partial charge in [0.15, 0.2) is 5.03 Å². The normalized spacial score (nSPS) is 11.5. The molecule has 0 saturated carbocycles. The Morgan fingerprint density at radius 3 is 2.45 bits per heavy atom. The Hall–Kier alpha value is -3.20. The summed E-state index contributed by atoms with van der Waals surface area (Å²) in [6.07, 6.45) is 1.43. The number of carbonyl (C=O) groups is 1. The van der Waals surface area contributed by atoms with Gasteiger partial charge in [0.25, 0.3) is 15.9 Å². The lowest BCUT2D eigenvalue weighted by molar-refractivity contribution is 0.0939. The van der Waals surface area contributed by atoms with E-state index in [1.165, 1.54) is 18.3 Å². The molecule has 1 amide bonds. The molecule has 2 aromatic carbocycles. The molecular formula is C22H25FN4O3S. The number of halogens is 1. The van der Waals surface area contributed by atoms with Gasteiger partial charge in [0.05, 0.1) is 17.8 Å². The van der Waals surface area contributed by atoms with Crippen molar-refractivity contribution in [1.82, 2.24) is 14.9 Å². The summed E-state index contributed by atoms with van der Waals surface area (Å²) in [5.41, 5.74) is 0.676. The van der Waals surface area contributed by atoms with E-state index < -0.39 is 21.7 Å². The van der Waals surface area contributed by atoms with Crippen molar-refractivity contribution in [3.05, 3.63) is 77.5 Å². The van der Waals surface area contributed by atoms with E-state index in [-0.39, 0.29) is 28.9 Å². The topological polar surface area (TPSA) is 84.3 Å². The maximum Gasteiger partial charge on any atom is 0.283 e. The van der Waals surface area contributed by atoms with Crippen LogP contribution in [0.5, 0.6) is 0 Å². The first kappa shape index (κ1) is 22.5. The molecule has 0 saturated heterocycles. The third-order valence-corrected chi connectivity index (χ3v) is 6.36. The van der Waals surface area contributed by atoms with Crippen LogP contribution in [0.15, 0.2) is 59.8 Å². The molecule has 31 heavy (non-hydrogen) atoms. The van der Waals surface area contributed by atoms with Gasteiger partial charge in [0.2, 0.25) is 0 Å². The van der Waals surface area contributed by atoms with Gasteiger partial charge >= 0.3 is 0 Å². The lowest BCUT2D eigenvalue weighted by atomic mass is 10.1. The van der Waals surface area contributed by atoms with Gasteiger partial charge in [-0.3, -0.25) is 9.10 Å². The van der Waals surface area contributed by atoms with Crippen molar-refractivity contribution in [2.75, 3.05) is 4.31 Å². The van der Waals surface area contributed by atoms with Gasteiger partial charge in [-0.1, -0.05) is 30.3 Å². The molecule has 7 nitrogen and oxygen atoms in total. The van der Waals surface area contributed by atoms with Gasteiger partial charge in [0, 0.05) is 19.3 Å². The zero-order valence-corrected chi connectivity index (χ0v) is 18.6. The summed E-state index contributed by atoms with van der Waals surface area (Å²) in [5.74, 6) is -0.804. The number of nitrogens with one attached hydrogen (secondary N) is 1. The summed E-state index contributed by atoms with van der Waals surface area (Å²) in [6.45, 7) is 5.22. The molecule has 9 heteroatoms. The van der Waals surface area contributed by atoms with E-state index in [4.69, 9.17) is 0 Å². The van der Waals surface area contributed by atoms with Crippen LogP contribution >= 0.6 is 0 Å². The van der Waals surface area contributed by atoms with E-state index >= 15 is 0 Å². The molecule has 0 spiro atoms. The molecule has 0 radical (unpaired) electrons. The second-order valence-electron chi connectivity index (χ2n) is 7.53. The van der Waals surface area contributed by atoms with Crippen LogP contribution in [-0.4, -0.2) is 29.9 Å². The molecule has 1 aromatic heterocycles. The number of benzene rings is 2. The zero-order chi connectivity index (χ0) is 22.8. The number of hydrogen-bond acceptors (Lipinski definition) is 4. The van der Waals surface area contributed by atoms with E-state index in [1.807, 2.05) is 6.07 Å². The minimum absolute atomic E-state index is 0.00430. The molecule has 1 heterocycles. The Morgan fingerprint density at radius 2 is 1.87 bits per heavy atom. The highest BCUT2D eigenvalue weighted by molar-refractivity contribution is 7.92. The van der Waals surface area contributed by atoms with Crippen molar-refractivity contribution < 1.29 is 17.6 Å². The van der Waals surface area contributed by atoms with Crippen LogP contribution < -0.4 is 9.62 Å². The van der Waals surface area contributed by atoms with Gasteiger partial charge in [-0.15, -0.1) is 0 Å². The minimum atomic E-state index is -4.09. The maximum atomic E-state index is 14.4. The number of nitrogens with zero attached hydrogens (tertiary/aromatic N) is 3. The fourth-order valence-electron chi connectivity index (χ4n) is 3.01. The van der Waals surface area contributed by atoms with Crippen molar-refractivity contribution in [3.8, 4) is 0 Å². The number of aromatic nitrogens is 2. The lowest BCUT2D eigenvalue weighted by Crippen LogP contribution is -2.33. The first-order valence-electron chi connectivity index (χ1n) is 9.76. The summed E-state index contributed by atoms with van der Waals surface area (Å²) in [4.78, 5) is 16.6. The maximum absolute atomic E-state index is 14.4. The highest BCUT2D eigenvalue weighted by Gasteiger charge is 2.29. The number of anilines is 1. The van der Waals surface area contributed by atoms with Crippen molar-refractivity contribution >= 4 is 21.6 Å². The summed E-state index contributed by atoms with van der Waals surface area (Å²) in [7, 11) is -2.38. The molecule has 3 aromatic rings. The fraction of sp³-hybridized carbons (Fsp3) is 0.273. The fourth-order valence-corrected chi connectivity index (χ4v) is 4.48. The van der Waals surface area contributed by atoms with Crippen LogP contribution in [0.3, 0.4) is 0 Å². The van der Waals surface area contributed by atoms with E-state index in [2.05, 4.69) is 10.3 Å². The highest BCUT2D eigenvalue weighted by Crippen LogP contribution is 2.27. The second kappa shape index (κ2) is 8.89. The van der Waals surface area contributed by atoms with E-state index in [1.54, 1.807) is 56.7 Å². The van der Waals surface area contributed by atoms with Crippen LogP contribution in [0.1, 0.15) is 35.6 Å². The molecule has 0 unspecified atom stereocenters. The predicted molar refractivity (Wildman–Crippen MR) is 117 cm³/mol. The smallest absolute Gasteiger partial charge is 0.283 e. The van der Waals surface area contributed by atoms with Gasteiger partial charge in [0.1, 0.15) is 11.6 Å². The Balaban J connectivity index is 2.12. The number of rotatable bonds is 7. The van der Waals surface area contributed by atoms with Crippen LogP contribution in [0.2, 0.25) is 0 Å². The monoisotopic (exact) mass is 444 g/mol. The number of amides is 1. The molecule has 0 atom stereocenters. The first-order valence-corrected chi connectivity index (χ1v) is 11.2. The van der Waals surface area contributed by atoms with Gasteiger partial charge in [-0.25, -0.2) is 9.37 Å². The predicted octanol–water partition coefficient (Wildman–Crippen LogP) is 3.40. The zero-order valence-electron chi connectivity index (χ0n) is 17.8. The van der Waals surface area contributed by atoms with Crippen molar-refractivity contribution in [3.63, 3.8) is 0 Å². The Morgan fingerprint density at radius 1 is 1.19 bits per heavy atom. The molecule has 3 rings (SSSR count). The summed E-state index contributed by atoms with van der Waals surface area (Å²) in [5, 5.41) is 2.51. The van der Waals surface area contributed by atoms with Crippen LogP contribution in [0.4, 0.5) is 10.1 Å². The largest absolute Gasteiger partial charge is 0.350 e. The third kappa shape index (κ3) is 4.93. The molecule has 1 N–H and O–H groups in total. The molecule has 164 valence electrons. The minimum Gasteiger partial charge on any atom is -0.350 e. The summed E-state index contributed by atoms with van der Waals surface area (Å²) < 4.78 is 44.1. The van der Waals surface area contributed by atoms with Crippen LogP contribution in [0.25, 0.3) is 0 Å². The molecular weight excluding hydrogens is 419 g/mol. The second-order valence-corrected chi connectivity index (χ2v) is 9.34. The van der Waals surface area contributed by atoms with Crippen LogP contribution in [-0.2, 0) is 23.6 Å². The standard InChI is InChI=1S/C22H25FN4O3S/c1-15(2)24-22(28)19-12-18(10-11-20(19)23)27(13-17-8-6-5-7-9-17)31(29,30)21-14-26(4)16(3)25-21/h5-12,14-15H,13H2,1-4H3,(H,24,28). The average molecular weight is 445 g/mol. The average Bonchev–Trinajstić information content (AvgIpc) is 3.06. The molecule has 0 fully saturated rings. The first-order chi connectivity index (χ1) is 14.6. The van der Waals surface area contributed by atoms with Gasteiger partial charge in [-0.2, -0.15) is 8.42 Å². The molecule has 0 bridgehead atoms. The van der Waals surface area contributed by atoms with E-state index in [0.717, 1.165) is 15.9 Å². The number of imidazole rings is 1. The van der Waals surface area contributed by atoms with Crippen LogP contribution in [0, 0.1) is 12.7 Å². The Bertz CT molecular complexity index is 1170. The number of aryl methyl sites for hydroxylation is 2. The molecule has 0 aliphatic rings. The SMILES string of the molecule is Cc1nc(S(=O)(=O)N(Cc2ccccc2)c2ccc(F)c(C(=O)NC(C)C)c2)cn1C. The summed E-state index contributed by atoms with van der Waals surface area (Å²) >= 11 is 0. The van der Waals surface area contributed by atoms with E-state index in [0.29, 0.717) is 5.82 Å². The van der Waals surface area contributed by atoms with Crippen molar-refractivity contribution in [1.29, 1.82) is 0 Å². The Kier molecular flexibility index (Phi) is 6.45. The van der Waals surface area contributed by atoms with E-state index in [9.17, 15) is 17.6 Å². The van der Waals surface area contributed by atoms with Crippen molar-refractivity contribution in [2.45, 2.75) is 38.4 Å². The number of sulfonamides is 1. The quantitative estimate of drug-likeness (QED) is 0.605. The summed E-state index contributed by atoms with van der Waals surface area (Å²) in [6, 6.07) is 12.5. The molecule has 0 aliphatic carbocycles. The highest BCUT2D eigenvalue weighted by atomic mass is 32.2. The lowest BCUT2D eigenvalue weighted by Gasteiger charge is -2.24. The van der Waals surface area contributed by atoms with Gasteiger partial charge in [-0.05, 0) is 44.5 Å².